The van der Waals surface area contributed by atoms with Crippen LogP contribution in [0.4, 0.5) is 0 Å². The van der Waals surface area contributed by atoms with Gasteiger partial charge in [-0.05, 0) is 87.6 Å². The number of fused-ring (bicyclic) bond motifs is 3. The molecule has 0 aliphatic heterocycles. The van der Waals surface area contributed by atoms with Gasteiger partial charge < -0.3 is 0 Å². The number of aryl methyl sites for hydroxylation is 2. The first-order valence-corrected chi connectivity index (χ1v) is 14.1. The predicted molar refractivity (Wildman–Crippen MR) is 166 cm³/mol. The van der Waals surface area contributed by atoms with Crippen molar-refractivity contribution in [3.8, 4) is 5.30 Å². The molecule has 5 aromatic carbocycles. The number of hydrogen-bond donors (Lipinski definition) is 0. The molecule has 0 aliphatic rings. The minimum atomic E-state index is -0.583. The molecule has 1 heteroatoms. The molecule has 1 aromatic heterocycles. The summed E-state index contributed by atoms with van der Waals surface area (Å²) < 4.78 is 0. The second-order valence-corrected chi connectivity index (χ2v) is 11.8. The topological polar surface area (TPSA) is 0 Å². The highest BCUT2D eigenvalue weighted by Gasteiger charge is 2.16. The molecular formula is C36H29P. The molecule has 6 aromatic rings. The SMILES string of the molecule is Cc1cc2c(cc1/C=C/c1ccccc1)c1cc(/C=C/c3ccccc3)c(C)cc1p2-c1ccccc1. The van der Waals surface area contributed by atoms with E-state index in [0.29, 0.717) is 0 Å². The molecule has 0 aliphatic carbocycles. The van der Waals surface area contributed by atoms with Crippen molar-refractivity contribution in [3.63, 3.8) is 0 Å². The van der Waals surface area contributed by atoms with Crippen LogP contribution in [-0.2, 0) is 0 Å². The maximum atomic E-state index is 2.44. The average molecular weight is 493 g/mol. The molecule has 0 spiro atoms. The lowest BCUT2D eigenvalue weighted by Crippen LogP contribution is -1.82. The van der Waals surface area contributed by atoms with Gasteiger partial charge in [0.1, 0.15) is 0 Å². The highest BCUT2D eigenvalue weighted by Crippen LogP contribution is 2.56. The highest BCUT2D eigenvalue weighted by atomic mass is 31.1. The fourth-order valence-corrected chi connectivity index (χ4v) is 7.85. The van der Waals surface area contributed by atoms with Gasteiger partial charge in [0.2, 0.25) is 0 Å². The Morgan fingerprint density at radius 3 is 1.30 bits per heavy atom. The van der Waals surface area contributed by atoms with Crippen molar-refractivity contribution in [3.05, 3.63) is 149 Å². The van der Waals surface area contributed by atoms with Gasteiger partial charge in [0, 0.05) is 10.2 Å². The van der Waals surface area contributed by atoms with Gasteiger partial charge in [0.15, 0.2) is 0 Å². The zero-order valence-corrected chi connectivity index (χ0v) is 22.1. The fraction of sp³-hybridized carbons (Fsp3) is 0.0556. The Labute approximate surface area is 220 Å². The smallest absolute Gasteiger partial charge is 0.00713 e. The lowest BCUT2D eigenvalue weighted by Gasteiger charge is -2.06. The van der Waals surface area contributed by atoms with Crippen molar-refractivity contribution in [2.75, 3.05) is 0 Å². The Hall–Kier alpha value is -4.12. The lowest BCUT2D eigenvalue weighted by atomic mass is 10.00. The van der Waals surface area contributed by atoms with Crippen LogP contribution in [0.2, 0.25) is 0 Å². The van der Waals surface area contributed by atoms with E-state index in [-0.39, 0.29) is 0 Å². The van der Waals surface area contributed by atoms with Crippen LogP contribution in [0.5, 0.6) is 0 Å². The molecule has 0 saturated heterocycles. The first-order valence-electron chi connectivity index (χ1n) is 12.8. The quantitative estimate of drug-likeness (QED) is 0.210. The summed E-state index contributed by atoms with van der Waals surface area (Å²) in [6, 6.07) is 41.8. The van der Waals surface area contributed by atoms with E-state index in [4.69, 9.17) is 0 Å². The Kier molecular flexibility index (Phi) is 6.35. The van der Waals surface area contributed by atoms with Crippen LogP contribution in [0.1, 0.15) is 33.4 Å². The first-order chi connectivity index (χ1) is 18.2. The van der Waals surface area contributed by atoms with Gasteiger partial charge in [-0.3, -0.25) is 0 Å². The Morgan fingerprint density at radius 2 is 0.865 bits per heavy atom. The maximum absolute atomic E-state index is 2.44. The normalized spacial score (nSPS) is 11.8. The second kappa shape index (κ2) is 10.1. The van der Waals surface area contributed by atoms with Crippen molar-refractivity contribution >= 4 is 52.8 Å². The standard InChI is InChI=1S/C36H29P/c1-26-22-35-33(24-30(26)20-18-28-12-6-3-7-13-28)34-25-31(21-19-29-14-8-4-9-15-29)27(2)23-36(34)37(35)32-16-10-5-11-17-32/h3-25H,1-2H3/b20-18+,21-19+. The van der Waals surface area contributed by atoms with Gasteiger partial charge in [-0.2, -0.15) is 0 Å². The second-order valence-electron chi connectivity index (χ2n) is 9.61. The molecule has 0 atom stereocenters. The lowest BCUT2D eigenvalue weighted by molar-refractivity contribution is 1.48. The van der Waals surface area contributed by atoms with Gasteiger partial charge in [-0.25, -0.2) is 0 Å². The van der Waals surface area contributed by atoms with Crippen LogP contribution < -0.4 is 0 Å². The first kappa shape index (κ1) is 23.3. The Balaban J connectivity index is 1.57. The highest BCUT2D eigenvalue weighted by molar-refractivity contribution is 7.67. The van der Waals surface area contributed by atoms with Gasteiger partial charge in [-0.15, -0.1) is 0 Å². The summed E-state index contributed by atoms with van der Waals surface area (Å²) in [5.74, 6) is 0. The van der Waals surface area contributed by atoms with E-state index in [1.165, 1.54) is 59.7 Å². The average Bonchev–Trinajstić information content (AvgIpc) is 3.23. The van der Waals surface area contributed by atoms with E-state index in [2.05, 4.69) is 153 Å². The molecule has 0 N–H and O–H groups in total. The van der Waals surface area contributed by atoms with Gasteiger partial charge in [-0.1, -0.05) is 123 Å². The third kappa shape index (κ3) is 4.69. The molecule has 0 bridgehead atoms. The molecule has 1 heterocycles. The van der Waals surface area contributed by atoms with E-state index in [0.717, 1.165) is 0 Å². The van der Waals surface area contributed by atoms with Crippen molar-refractivity contribution < 1.29 is 0 Å². The zero-order valence-electron chi connectivity index (χ0n) is 21.2. The summed E-state index contributed by atoms with van der Waals surface area (Å²) in [4.78, 5) is 0. The van der Waals surface area contributed by atoms with Crippen LogP contribution in [0.15, 0.2) is 115 Å². The van der Waals surface area contributed by atoms with Crippen LogP contribution in [0.25, 0.3) is 50.6 Å². The van der Waals surface area contributed by atoms with Gasteiger partial charge >= 0.3 is 0 Å². The van der Waals surface area contributed by atoms with Crippen molar-refractivity contribution in [2.45, 2.75) is 13.8 Å². The van der Waals surface area contributed by atoms with E-state index in [1.54, 1.807) is 0 Å². The minimum Gasteiger partial charge on any atom is -0.0772 e. The number of benzene rings is 5. The fourth-order valence-electron chi connectivity index (χ4n) is 5.06. The van der Waals surface area contributed by atoms with Crippen LogP contribution >= 0.6 is 7.53 Å². The minimum absolute atomic E-state index is 0.583. The molecular weight excluding hydrogens is 463 g/mol. The summed E-state index contributed by atoms with van der Waals surface area (Å²) >= 11 is 0. The molecule has 0 radical (unpaired) electrons. The Morgan fingerprint density at radius 1 is 0.459 bits per heavy atom. The van der Waals surface area contributed by atoms with Gasteiger partial charge in [0.05, 0.1) is 0 Å². The molecule has 0 fully saturated rings. The van der Waals surface area contributed by atoms with E-state index in [9.17, 15) is 0 Å². The van der Waals surface area contributed by atoms with Crippen molar-refractivity contribution in [1.29, 1.82) is 0 Å². The van der Waals surface area contributed by atoms with Crippen LogP contribution in [0.3, 0.4) is 0 Å². The summed E-state index contributed by atoms with van der Waals surface area (Å²) in [7, 11) is -0.583. The zero-order chi connectivity index (χ0) is 25.2. The van der Waals surface area contributed by atoms with Crippen LogP contribution in [-0.4, -0.2) is 0 Å². The monoisotopic (exact) mass is 492 g/mol. The van der Waals surface area contributed by atoms with E-state index < -0.39 is 7.53 Å². The summed E-state index contributed by atoms with van der Waals surface area (Å²) in [5, 5.41) is 7.09. The predicted octanol–water partition coefficient (Wildman–Crippen LogP) is 10.9. The summed E-state index contributed by atoms with van der Waals surface area (Å²) in [5.41, 5.74) is 7.64. The Bertz CT molecular complexity index is 1640. The van der Waals surface area contributed by atoms with Crippen molar-refractivity contribution in [2.24, 2.45) is 0 Å². The summed E-state index contributed by atoms with van der Waals surface area (Å²) in [6.45, 7) is 4.48. The largest absolute Gasteiger partial charge is 0.0772 e. The third-order valence-electron chi connectivity index (χ3n) is 7.06. The molecule has 0 saturated carbocycles. The molecule has 0 unspecified atom stereocenters. The third-order valence-corrected chi connectivity index (χ3v) is 9.58. The molecule has 6 rings (SSSR count). The molecule has 0 amide bonds. The van der Waals surface area contributed by atoms with E-state index >= 15 is 0 Å². The van der Waals surface area contributed by atoms with E-state index in [1.807, 2.05) is 0 Å². The molecule has 0 nitrogen and oxygen atoms in total. The number of rotatable bonds is 5. The number of hydrogen-bond acceptors (Lipinski definition) is 0. The van der Waals surface area contributed by atoms with Gasteiger partial charge in [0.25, 0.3) is 0 Å². The maximum Gasteiger partial charge on any atom is 0.00713 e. The molecule has 37 heavy (non-hydrogen) atoms. The van der Waals surface area contributed by atoms with Crippen LogP contribution in [0, 0.1) is 13.8 Å². The summed E-state index contributed by atoms with van der Waals surface area (Å²) in [6.07, 6.45) is 8.96. The van der Waals surface area contributed by atoms with Crippen molar-refractivity contribution in [1.82, 2.24) is 0 Å². The molecule has 178 valence electrons.